The highest BCUT2D eigenvalue weighted by molar-refractivity contribution is 6.01. The van der Waals surface area contributed by atoms with Gasteiger partial charge in [0.05, 0.1) is 0 Å². The van der Waals surface area contributed by atoms with E-state index in [1.165, 1.54) is 55.3 Å². The van der Waals surface area contributed by atoms with E-state index in [-0.39, 0.29) is 0 Å². The number of benzene rings is 8. The van der Waals surface area contributed by atoms with Gasteiger partial charge in [-0.15, -0.1) is 0 Å². The van der Waals surface area contributed by atoms with Crippen LogP contribution in [-0.4, -0.2) is 0 Å². The molecule has 1 heteroatoms. The smallest absolute Gasteiger partial charge is 0.0467 e. The SMILES string of the molecule is c1ccc(-c2cccc(N(c3ccccc3)c3ccc(-c4ccc(-c5cccc6ccccc56)c(-c5ccccc5)c4)cc3)c2)cc1. The lowest BCUT2D eigenvalue weighted by atomic mass is 9.89. The standard InChI is InChI=1S/C46H33N/c1-4-14-34(15-5-1)38-20-12-23-42(32-38)47(40-21-8-3-9-22-40)41-29-26-35(27-30-41)39-28-31-45(46(33-39)37-16-6-2-7-17-37)44-25-13-19-36-18-10-11-24-43(36)44/h1-33H. The van der Waals surface area contributed by atoms with Gasteiger partial charge in [0, 0.05) is 17.1 Å². The number of hydrogen-bond acceptors (Lipinski definition) is 1. The van der Waals surface area contributed by atoms with Crippen molar-refractivity contribution in [3.05, 3.63) is 200 Å². The van der Waals surface area contributed by atoms with E-state index in [1.807, 2.05) is 0 Å². The third-order valence-electron chi connectivity index (χ3n) is 8.87. The molecule has 0 unspecified atom stereocenters. The summed E-state index contributed by atoms with van der Waals surface area (Å²) in [5.41, 5.74) is 13.1. The summed E-state index contributed by atoms with van der Waals surface area (Å²) in [6.07, 6.45) is 0. The lowest BCUT2D eigenvalue weighted by Crippen LogP contribution is -2.09. The van der Waals surface area contributed by atoms with Crippen molar-refractivity contribution in [2.24, 2.45) is 0 Å². The molecule has 0 spiro atoms. The number of hydrogen-bond donors (Lipinski definition) is 0. The highest BCUT2D eigenvalue weighted by Crippen LogP contribution is 2.40. The number of rotatable bonds is 7. The lowest BCUT2D eigenvalue weighted by molar-refractivity contribution is 1.28. The van der Waals surface area contributed by atoms with Crippen molar-refractivity contribution < 1.29 is 0 Å². The highest BCUT2D eigenvalue weighted by Gasteiger charge is 2.15. The molecular weight excluding hydrogens is 567 g/mol. The van der Waals surface area contributed by atoms with Crippen LogP contribution in [0.5, 0.6) is 0 Å². The number of nitrogens with zero attached hydrogens (tertiary/aromatic N) is 1. The zero-order valence-corrected chi connectivity index (χ0v) is 26.0. The van der Waals surface area contributed by atoms with E-state index < -0.39 is 0 Å². The summed E-state index contributed by atoms with van der Waals surface area (Å²) >= 11 is 0. The number of anilines is 3. The number of para-hydroxylation sites is 1. The van der Waals surface area contributed by atoms with Crippen LogP contribution in [-0.2, 0) is 0 Å². The lowest BCUT2D eigenvalue weighted by Gasteiger charge is -2.26. The van der Waals surface area contributed by atoms with Crippen LogP contribution >= 0.6 is 0 Å². The molecule has 0 N–H and O–H groups in total. The van der Waals surface area contributed by atoms with Crippen molar-refractivity contribution in [1.29, 1.82) is 0 Å². The Morgan fingerprint density at radius 1 is 0.255 bits per heavy atom. The molecule has 8 aromatic carbocycles. The molecule has 0 amide bonds. The first-order valence-electron chi connectivity index (χ1n) is 16.1. The van der Waals surface area contributed by atoms with E-state index in [0.29, 0.717) is 0 Å². The van der Waals surface area contributed by atoms with E-state index in [1.54, 1.807) is 0 Å². The summed E-state index contributed by atoms with van der Waals surface area (Å²) in [6, 6.07) is 71.8. The molecule has 0 fully saturated rings. The van der Waals surface area contributed by atoms with Gasteiger partial charge in [-0.1, -0.05) is 158 Å². The summed E-state index contributed by atoms with van der Waals surface area (Å²) < 4.78 is 0. The molecule has 0 aliphatic carbocycles. The Bertz CT molecular complexity index is 2270. The predicted molar refractivity (Wildman–Crippen MR) is 200 cm³/mol. The minimum Gasteiger partial charge on any atom is -0.310 e. The highest BCUT2D eigenvalue weighted by atomic mass is 15.1. The molecule has 8 aromatic rings. The Balaban J connectivity index is 1.20. The second kappa shape index (κ2) is 12.7. The summed E-state index contributed by atoms with van der Waals surface area (Å²) in [5, 5.41) is 2.52. The molecule has 0 heterocycles. The Labute approximate surface area is 276 Å². The van der Waals surface area contributed by atoms with E-state index in [9.17, 15) is 0 Å². The summed E-state index contributed by atoms with van der Waals surface area (Å²) in [4.78, 5) is 2.33. The number of fused-ring (bicyclic) bond motifs is 1. The van der Waals surface area contributed by atoms with Gasteiger partial charge < -0.3 is 4.90 Å². The first-order valence-corrected chi connectivity index (χ1v) is 16.1. The molecule has 222 valence electrons. The quantitative estimate of drug-likeness (QED) is 0.176. The first kappa shape index (κ1) is 28.3. The largest absolute Gasteiger partial charge is 0.310 e. The molecule has 0 aliphatic rings. The predicted octanol–water partition coefficient (Wildman–Crippen LogP) is 13.0. The molecule has 0 aromatic heterocycles. The molecule has 0 atom stereocenters. The fraction of sp³-hybridized carbons (Fsp3) is 0. The van der Waals surface area contributed by atoms with Crippen molar-refractivity contribution in [2.45, 2.75) is 0 Å². The maximum absolute atomic E-state index is 2.35. The molecule has 8 rings (SSSR count). The van der Waals surface area contributed by atoms with Crippen LogP contribution in [0.1, 0.15) is 0 Å². The average Bonchev–Trinajstić information content (AvgIpc) is 3.16. The van der Waals surface area contributed by atoms with Crippen LogP contribution in [0.25, 0.3) is 55.3 Å². The fourth-order valence-corrected chi connectivity index (χ4v) is 6.56. The van der Waals surface area contributed by atoms with Gasteiger partial charge in [-0.05, 0) is 97.7 Å². The summed E-state index contributed by atoms with van der Waals surface area (Å²) in [6.45, 7) is 0. The Morgan fingerprint density at radius 3 is 1.53 bits per heavy atom. The van der Waals surface area contributed by atoms with Crippen LogP contribution in [0.2, 0.25) is 0 Å². The van der Waals surface area contributed by atoms with Crippen molar-refractivity contribution >= 4 is 27.8 Å². The normalized spacial score (nSPS) is 11.0. The Kier molecular flexibility index (Phi) is 7.63. The van der Waals surface area contributed by atoms with Gasteiger partial charge in [0.1, 0.15) is 0 Å². The van der Waals surface area contributed by atoms with Gasteiger partial charge in [-0.25, -0.2) is 0 Å². The van der Waals surface area contributed by atoms with Gasteiger partial charge in [0.15, 0.2) is 0 Å². The van der Waals surface area contributed by atoms with Gasteiger partial charge in [0.25, 0.3) is 0 Å². The second-order valence-electron chi connectivity index (χ2n) is 11.8. The zero-order chi connectivity index (χ0) is 31.4. The summed E-state index contributed by atoms with van der Waals surface area (Å²) in [5.74, 6) is 0. The Morgan fingerprint density at radius 2 is 0.766 bits per heavy atom. The Hall–Kier alpha value is -6.18. The van der Waals surface area contributed by atoms with Crippen molar-refractivity contribution in [3.63, 3.8) is 0 Å². The van der Waals surface area contributed by atoms with Gasteiger partial charge in [-0.3, -0.25) is 0 Å². The van der Waals surface area contributed by atoms with Crippen LogP contribution < -0.4 is 4.90 Å². The third-order valence-corrected chi connectivity index (χ3v) is 8.87. The first-order chi connectivity index (χ1) is 23.3. The van der Waals surface area contributed by atoms with Crippen LogP contribution in [0.15, 0.2) is 200 Å². The van der Waals surface area contributed by atoms with Gasteiger partial charge >= 0.3 is 0 Å². The van der Waals surface area contributed by atoms with Crippen molar-refractivity contribution in [2.75, 3.05) is 4.90 Å². The zero-order valence-electron chi connectivity index (χ0n) is 26.0. The third kappa shape index (κ3) is 5.72. The maximum atomic E-state index is 2.35. The summed E-state index contributed by atoms with van der Waals surface area (Å²) in [7, 11) is 0. The monoisotopic (exact) mass is 599 g/mol. The molecule has 47 heavy (non-hydrogen) atoms. The van der Waals surface area contributed by atoms with Crippen molar-refractivity contribution in [3.8, 4) is 44.5 Å². The molecule has 0 saturated heterocycles. The van der Waals surface area contributed by atoms with Crippen LogP contribution in [0.4, 0.5) is 17.1 Å². The van der Waals surface area contributed by atoms with Gasteiger partial charge in [0.2, 0.25) is 0 Å². The maximum Gasteiger partial charge on any atom is 0.0467 e. The van der Waals surface area contributed by atoms with Crippen LogP contribution in [0.3, 0.4) is 0 Å². The van der Waals surface area contributed by atoms with Crippen molar-refractivity contribution in [1.82, 2.24) is 0 Å². The molecule has 0 saturated carbocycles. The molecule has 0 aliphatic heterocycles. The van der Waals surface area contributed by atoms with E-state index >= 15 is 0 Å². The van der Waals surface area contributed by atoms with Crippen LogP contribution in [0, 0.1) is 0 Å². The minimum atomic E-state index is 1.11. The minimum absolute atomic E-state index is 1.11. The van der Waals surface area contributed by atoms with E-state index in [2.05, 4.69) is 205 Å². The van der Waals surface area contributed by atoms with Gasteiger partial charge in [-0.2, -0.15) is 0 Å². The average molecular weight is 600 g/mol. The van der Waals surface area contributed by atoms with E-state index in [0.717, 1.165) is 17.1 Å². The molecule has 0 radical (unpaired) electrons. The molecule has 1 nitrogen and oxygen atoms in total. The molecular formula is C46H33N. The second-order valence-corrected chi connectivity index (χ2v) is 11.8. The topological polar surface area (TPSA) is 3.24 Å². The fourth-order valence-electron chi connectivity index (χ4n) is 6.56. The van der Waals surface area contributed by atoms with E-state index in [4.69, 9.17) is 0 Å². The molecule has 0 bridgehead atoms.